The molecule has 3 rings (SSSR count). The number of fused-ring (bicyclic) bond motifs is 1. The summed E-state index contributed by atoms with van der Waals surface area (Å²) in [4.78, 5) is 4.63. The Morgan fingerprint density at radius 3 is 2.74 bits per heavy atom. The normalized spacial score (nSPS) is 10.8. The van der Waals surface area contributed by atoms with Crippen LogP contribution in [-0.4, -0.2) is 4.98 Å². The van der Waals surface area contributed by atoms with Gasteiger partial charge in [0.2, 0.25) is 0 Å². The van der Waals surface area contributed by atoms with Gasteiger partial charge in [0.25, 0.3) is 0 Å². The second-order valence-corrected chi connectivity index (χ2v) is 5.86. The first-order valence-corrected chi connectivity index (χ1v) is 7.19. The van der Waals surface area contributed by atoms with Gasteiger partial charge in [0, 0.05) is 5.69 Å². The van der Waals surface area contributed by atoms with Gasteiger partial charge in [0.1, 0.15) is 5.01 Å². The van der Waals surface area contributed by atoms with Gasteiger partial charge in [-0.15, -0.1) is 11.3 Å². The Labute approximate surface area is 117 Å². The van der Waals surface area contributed by atoms with Crippen LogP contribution in [0, 0.1) is 13.8 Å². The summed E-state index contributed by atoms with van der Waals surface area (Å²) < 4.78 is 1.25. The lowest BCUT2D eigenvalue weighted by molar-refractivity contribution is 1.11. The SMILES string of the molecule is Cc1ccc(NCc2nc3ccccc3s2)c(C)c1. The second kappa shape index (κ2) is 5.02. The molecule has 0 unspecified atom stereocenters. The maximum absolute atomic E-state index is 4.63. The van der Waals surface area contributed by atoms with Crippen LogP contribution in [0.15, 0.2) is 42.5 Å². The van der Waals surface area contributed by atoms with Gasteiger partial charge in [0.05, 0.1) is 16.8 Å². The number of hydrogen-bond donors (Lipinski definition) is 1. The highest BCUT2D eigenvalue weighted by Crippen LogP contribution is 2.23. The lowest BCUT2D eigenvalue weighted by Crippen LogP contribution is -2.00. The Hall–Kier alpha value is -1.87. The third kappa shape index (κ3) is 2.61. The Balaban J connectivity index is 1.78. The van der Waals surface area contributed by atoms with Crippen molar-refractivity contribution < 1.29 is 0 Å². The fourth-order valence-corrected chi connectivity index (χ4v) is 3.09. The largest absolute Gasteiger partial charge is 0.378 e. The molecule has 0 fully saturated rings. The van der Waals surface area contributed by atoms with Crippen molar-refractivity contribution in [2.75, 3.05) is 5.32 Å². The van der Waals surface area contributed by atoms with Gasteiger partial charge >= 0.3 is 0 Å². The first-order valence-electron chi connectivity index (χ1n) is 6.38. The van der Waals surface area contributed by atoms with Crippen LogP contribution in [-0.2, 0) is 6.54 Å². The zero-order chi connectivity index (χ0) is 13.2. The highest BCUT2D eigenvalue weighted by atomic mass is 32.1. The molecule has 0 atom stereocenters. The van der Waals surface area contributed by atoms with Crippen molar-refractivity contribution in [2.45, 2.75) is 20.4 Å². The van der Waals surface area contributed by atoms with E-state index in [2.05, 4.69) is 60.5 Å². The van der Waals surface area contributed by atoms with Gasteiger partial charge in [-0.3, -0.25) is 0 Å². The summed E-state index contributed by atoms with van der Waals surface area (Å²) >= 11 is 1.75. The molecule has 0 aliphatic rings. The van der Waals surface area contributed by atoms with Crippen molar-refractivity contribution in [1.82, 2.24) is 4.98 Å². The number of hydrogen-bond acceptors (Lipinski definition) is 3. The van der Waals surface area contributed by atoms with Crippen molar-refractivity contribution in [3.63, 3.8) is 0 Å². The molecule has 0 spiro atoms. The lowest BCUT2D eigenvalue weighted by atomic mass is 10.1. The summed E-state index contributed by atoms with van der Waals surface area (Å²) in [6.07, 6.45) is 0. The fraction of sp³-hybridized carbons (Fsp3) is 0.188. The highest BCUT2D eigenvalue weighted by molar-refractivity contribution is 7.18. The van der Waals surface area contributed by atoms with Crippen molar-refractivity contribution >= 4 is 27.2 Å². The number of thiazole rings is 1. The van der Waals surface area contributed by atoms with E-state index in [1.807, 2.05) is 6.07 Å². The predicted octanol–water partition coefficient (Wildman–Crippen LogP) is 4.53. The summed E-state index contributed by atoms with van der Waals surface area (Å²) in [5.41, 5.74) is 4.85. The molecule has 96 valence electrons. The topological polar surface area (TPSA) is 24.9 Å². The number of rotatable bonds is 3. The third-order valence-electron chi connectivity index (χ3n) is 3.15. The summed E-state index contributed by atoms with van der Waals surface area (Å²) in [6, 6.07) is 14.7. The van der Waals surface area contributed by atoms with Gasteiger partial charge in [0.15, 0.2) is 0 Å². The van der Waals surface area contributed by atoms with E-state index >= 15 is 0 Å². The number of para-hydroxylation sites is 1. The van der Waals surface area contributed by atoms with E-state index in [4.69, 9.17) is 0 Å². The summed E-state index contributed by atoms with van der Waals surface area (Å²) in [5.74, 6) is 0. The summed E-state index contributed by atoms with van der Waals surface area (Å²) in [7, 11) is 0. The molecule has 0 amide bonds. The van der Waals surface area contributed by atoms with Crippen molar-refractivity contribution in [1.29, 1.82) is 0 Å². The van der Waals surface area contributed by atoms with Crippen molar-refractivity contribution in [2.24, 2.45) is 0 Å². The molecule has 0 saturated carbocycles. The lowest BCUT2D eigenvalue weighted by Gasteiger charge is -2.08. The van der Waals surface area contributed by atoms with E-state index in [9.17, 15) is 0 Å². The Bertz CT molecular complexity index is 683. The summed E-state index contributed by atoms with van der Waals surface area (Å²) in [6.45, 7) is 5.03. The van der Waals surface area contributed by atoms with Crippen LogP contribution in [0.1, 0.15) is 16.1 Å². The highest BCUT2D eigenvalue weighted by Gasteiger charge is 2.04. The molecule has 0 saturated heterocycles. The first-order chi connectivity index (χ1) is 9.22. The Kier molecular flexibility index (Phi) is 3.22. The molecule has 2 nitrogen and oxygen atoms in total. The van der Waals surface area contributed by atoms with E-state index in [1.54, 1.807) is 11.3 Å². The molecule has 3 aromatic rings. The Morgan fingerprint density at radius 1 is 1.11 bits per heavy atom. The van der Waals surface area contributed by atoms with Crippen molar-refractivity contribution in [3.8, 4) is 0 Å². The fourth-order valence-electron chi connectivity index (χ4n) is 2.18. The summed E-state index contributed by atoms with van der Waals surface area (Å²) in [5, 5.41) is 4.59. The van der Waals surface area contributed by atoms with E-state index < -0.39 is 0 Å². The average Bonchev–Trinajstić information content (AvgIpc) is 2.80. The standard InChI is InChI=1S/C16H16N2S/c1-11-7-8-13(12(2)9-11)17-10-16-18-14-5-3-4-6-15(14)19-16/h3-9,17H,10H2,1-2H3. The van der Waals surface area contributed by atoms with Crippen LogP contribution in [0.2, 0.25) is 0 Å². The molecular formula is C16H16N2S. The molecule has 1 aromatic heterocycles. The zero-order valence-electron chi connectivity index (χ0n) is 11.1. The van der Waals surface area contributed by atoms with Crippen LogP contribution < -0.4 is 5.32 Å². The number of nitrogens with one attached hydrogen (secondary N) is 1. The minimum absolute atomic E-state index is 0.781. The number of aryl methyl sites for hydroxylation is 2. The van der Waals surface area contributed by atoms with Gasteiger partial charge in [-0.25, -0.2) is 4.98 Å². The molecule has 3 heteroatoms. The number of anilines is 1. The van der Waals surface area contributed by atoms with E-state index in [0.717, 1.165) is 17.1 Å². The molecule has 0 radical (unpaired) electrons. The minimum atomic E-state index is 0.781. The molecule has 1 N–H and O–H groups in total. The molecule has 2 aromatic carbocycles. The molecule has 0 aliphatic heterocycles. The van der Waals surface area contributed by atoms with Gasteiger partial charge in [-0.1, -0.05) is 29.8 Å². The third-order valence-corrected chi connectivity index (χ3v) is 4.19. The maximum Gasteiger partial charge on any atom is 0.113 e. The van der Waals surface area contributed by atoms with Crippen LogP contribution in [0.4, 0.5) is 5.69 Å². The first kappa shape index (κ1) is 12.2. The maximum atomic E-state index is 4.63. The monoisotopic (exact) mass is 268 g/mol. The Morgan fingerprint density at radius 2 is 1.95 bits per heavy atom. The average molecular weight is 268 g/mol. The van der Waals surface area contributed by atoms with E-state index in [1.165, 1.54) is 21.5 Å². The van der Waals surface area contributed by atoms with Gasteiger partial charge in [-0.05, 0) is 37.6 Å². The van der Waals surface area contributed by atoms with Gasteiger partial charge < -0.3 is 5.32 Å². The molecule has 1 heterocycles. The van der Waals surface area contributed by atoms with E-state index in [-0.39, 0.29) is 0 Å². The number of aromatic nitrogens is 1. The number of nitrogens with zero attached hydrogens (tertiary/aromatic N) is 1. The second-order valence-electron chi connectivity index (χ2n) is 4.75. The molecular weight excluding hydrogens is 252 g/mol. The van der Waals surface area contributed by atoms with Gasteiger partial charge in [-0.2, -0.15) is 0 Å². The number of benzene rings is 2. The van der Waals surface area contributed by atoms with E-state index in [0.29, 0.717) is 0 Å². The molecule has 0 bridgehead atoms. The molecule has 0 aliphatic carbocycles. The quantitative estimate of drug-likeness (QED) is 0.755. The minimum Gasteiger partial charge on any atom is -0.378 e. The van der Waals surface area contributed by atoms with Crippen LogP contribution >= 0.6 is 11.3 Å². The smallest absolute Gasteiger partial charge is 0.113 e. The van der Waals surface area contributed by atoms with Crippen LogP contribution in [0.3, 0.4) is 0 Å². The predicted molar refractivity (Wildman–Crippen MR) is 82.9 cm³/mol. The molecule has 19 heavy (non-hydrogen) atoms. The van der Waals surface area contributed by atoms with Crippen LogP contribution in [0.5, 0.6) is 0 Å². The zero-order valence-corrected chi connectivity index (χ0v) is 11.9. The van der Waals surface area contributed by atoms with Crippen LogP contribution in [0.25, 0.3) is 10.2 Å². The van der Waals surface area contributed by atoms with Crippen molar-refractivity contribution in [3.05, 3.63) is 58.6 Å².